The lowest BCUT2D eigenvalue weighted by Crippen LogP contribution is -2.27. The SMILES string of the molecule is Cc1cc(I)ccc1C(N)C1CCC1. The minimum Gasteiger partial charge on any atom is -0.324 e. The smallest absolute Gasteiger partial charge is 0.0326 e. The van der Waals surface area contributed by atoms with E-state index in [0.717, 1.165) is 5.92 Å². The van der Waals surface area contributed by atoms with Crippen molar-refractivity contribution in [1.82, 2.24) is 0 Å². The van der Waals surface area contributed by atoms with Crippen LogP contribution in [0.5, 0.6) is 0 Å². The van der Waals surface area contributed by atoms with Crippen LogP contribution in [-0.2, 0) is 0 Å². The molecule has 1 nitrogen and oxygen atoms in total. The number of hydrogen-bond acceptors (Lipinski definition) is 1. The van der Waals surface area contributed by atoms with E-state index in [2.05, 4.69) is 47.7 Å². The van der Waals surface area contributed by atoms with Gasteiger partial charge in [-0.3, -0.25) is 0 Å². The molecule has 0 aromatic heterocycles. The van der Waals surface area contributed by atoms with E-state index in [4.69, 9.17) is 5.73 Å². The minimum absolute atomic E-state index is 0.265. The van der Waals surface area contributed by atoms with Crippen LogP contribution in [0.15, 0.2) is 18.2 Å². The van der Waals surface area contributed by atoms with Crippen molar-refractivity contribution in [3.05, 3.63) is 32.9 Å². The predicted octanol–water partition coefficient (Wildman–Crippen LogP) is 3.40. The third-order valence-electron chi connectivity index (χ3n) is 3.25. The molecule has 1 aromatic rings. The normalized spacial score (nSPS) is 19.1. The molecular weight excluding hydrogens is 285 g/mol. The maximum absolute atomic E-state index is 6.25. The quantitative estimate of drug-likeness (QED) is 0.833. The fourth-order valence-corrected chi connectivity index (χ4v) is 2.71. The van der Waals surface area contributed by atoms with E-state index in [0.29, 0.717) is 0 Å². The molecule has 0 radical (unpaired) electrons. The van der Waals surface area contributed by atoms with Crippen molar-refractivity contribution in [2.24, 2.45) is 11.7 Å². The molecule has 1 aliphatic carbocycles. The lowest BCUT2D eigenvalue weighted by atomic mass is 9.77. The van der Waals surface area contributed by atoms with E-state index in [1.165, 1.54) is 34.0 Å². The van der Waals surface area contributed by atoms with E-state index in [1.54, 1.807) is 0 Å². The van der Waals surface area contributed by atoms with Gasteiger partial charge in [-0.2, -0.15) is 0 Å². The van der Waals surface area contributed by atoms with Gasteiger partial charge in [0.15, 0.2) is 0 Å². The molecule has 1 fully saturated rings. The lowest BCUT2D eigenvalue weighted by molar-refractivity contribution is 0.264. The topological polar surface area (TPSA) is 26.0 Å². The summed E-state index contributed by atoms with van der Waals surface area (Å²) in [6.45, 7) is 2.16. The molecule has 0 spiro atoms. The Hall–Kier alpha value is -0.0900. The number of hydrogen-bond donors (Lipinski definition) is 1. The first-order valence-corrected chi connectivity index (χ1v) is 6.28. The van der Waals surface area contributed by atoms with Crippen molar-refractivity contribution in [2.75, 3.05) is 0 Å². The highest BCUT2D eigenvalue weighted by atomic mass is 127. The molecule has 1 unspecified atom stereocenters. The molecule has 1 atom stereocenters. The van der Waals surface area contributed by atoms with Crippen LogP contribution in [-0.4, -0.2) is 0 Å². The van der Waals surface area contributed by atoms with Crippen molar-refractivity contribution in [3.8, 4) is 0 Å². The fourth-order valence-electron chi connectivity index (χ4n) is 2.07. The van der Waals surface area contributed by atoms with Gasteiger partial charge in [0.2, 0.25) is 0 Å². The fraction of sp³-hybridized carbons (Fsp3) is 0.500. The zero-order chi connectivity index (χ0) is 10.1. The summed E-state index contributed by atoms with van der Waals surface area (Å²) in [5, 5.41) is 0. The van der Waals surface area contributed by atoms with Gasteiger partial charge in [0.1, 0.15) is 0 Å². The molecule has 14 heavy (non-hydrogen) atoms. The first-order valence-electron chi connectivity index (χ1n) is 5.20. The maximum atomic E-state index is 6.25. The highest BCUT2D eigenvalue weighted by Gasteiger charge is 2.26. The number of halogens is 1. The highest BCUT2D eigenvalue weighted by Crippen LogP contribution is 2.37. The van der Waals surface area contributed by atoms with Gasteiger partial charge in [-0.15, -0.1) is 0 Å². The second-order valence-electron chi connectivity index (χ2n) is 4.22. The molecule has 1 saturated carbocycles. The van der Waals surface area contributed by atoms with Gasteiger partial charge in [0.25, 0.3) is 0 Å². The molecular formula is C12H16IN. The summed E-state index contributed by atoms with van der Waals surface area (Å²) in [6, 6.07) is 6.83. The highest BCUT2D eigenvalue weighted by molar-refractivity contribution is 14.1. The van der Waals surface area contributed by atoms with Gasteiger partial charge in [-0.25, -0.2) is 0 Å². The molecule has 76 valence electrons. The zero-order valence-corrected chi connectivity index (χ0v) is 10.6. The van der Waals surface area contributed by atoms with E-state index in [9.17, 15) is 0 Å². The van der Waals surface area contributed by atoms with Gasteiger partial charge >= 0.3 is 0 Å². The monoisotopic (exact) mass is 301 g/mol. The lowest BCUT2D eigenvalue weighted by Gasteiger charge is -2.32. The Morgan fingerprint density at radius 3 is 2.64 bits per heavy atom. The third-order valence-corrected chi connectivity index (χ3v) is 3.92. The second-order valence-corrected chi connectivity index (χ2v) is 5.46. The van der Waals surface area contributed by atoms with Crippen molar-refractivity contribution in [1.29, 1.82) is 0 Å². The van der Waals surface area contributed by atoms with Crippen LogP contribution in [0.4, 0.5) is 0 Å². The first kappa shape index (κ1) is 10.4. The largest absolute Gasteiger partial charge is 0.324 e. The Balaban J connectivity index is 2.22. The predicted molar refractivity (Wildman–Crippen MR) is 68.2 cm³/mol. The minimum atomic E-state index is 0.265. The molecule has 1 aromatic carbocycles. The van der Waals surface area contributed by atoms with Crippen LogP contribution in [0.2, 0.25) is 0 Å². The molecule has 2 N–H and O–H groups in total. The van der Waals surface area contributed by atoms with Crippen LogP contribution in [0.1, 0.15) is 36.4 Å². The third kappa shape index (κ3) is 1.96. The van der Waals surface area contributed by atoms with Crippen molar-refractivity contribution >= 4 is 22.6 Å². The summed E-state index contributed by atoms with van der Waals surface area (Å²) in [7, 11) is 0. The van der Waals surface area contributed by atoms with E-state index >= 15 is 0 Å². The van der Waals surface area contributed by atoms with Crippen molar-refractivity contribution < 1.29 is 0 Å². The van der Waals surface area contributed by atoms with Gasteiger partial charge in [-0.05, 0) is 71.5 Å². The Morgan fingerprint density at radius 2 is 2.14 bits per heavy atom. The Bertz CT molecular complexity index is 331. The van der Waals surface area contributed by atoms with Crippen molar-refractivity contribution in [3.63, 3.8) is 0 Å². The molecule has 2 rings (SSSR count). The van der Waals surface area contributed by atoms with Crippen LogP contribution < -0.4 is 5.73 Å². The number of nitrogens with two attached hydrogens (primary N) is 1. The summed E-state index contributed by atoms with van der Waals surface area (Å²) in [5.74, 6) is 0.730. The van der Waals surface area contributed by atoms with Crippen LogP contribution in [0.25, 0.3) is 0 Å². The Labute approximate surface area is 99.2 Å². The molecule has 0 bridgehead atoms. The molecule has 0 amide bonds. The average molecular weight is 301 g/mol. The average Bonchev–Trinajstić information content (AvgIpc) is 2.00. The van der Waals surface area contributed by atoms with Crippen LogP contribution >= 0.6 is 22.6 Å². The molecule has 1 aliphatic rings. The zero-order valence-electron chi connectivity index (χ0n) is 8.46. The first-order chi connectivity index (χ1) is 6.68. The van der Waals surface area contributed by atoms with E-state index < -0.39 is 0 Å². The standard InChI is InChI=1S/C12H16IN/c1-8-7-10(13)5-6-11(8)12(14)9-3-2-4-9/h5-7,9,12H,2-4,14H2,1H3. The van der Waals surface area contributed by atoms with Gasteiger partial charge in [0.05, 0.1) is 0 Å². The Kier molecular flexibility index (Phi) is 3.12. The summed E-state index contributed by atoms with van der Waals surface area (Å²) < 4.78 is 1.30. The number of rotatable bonds is 2. The van der Waals surface area contributed by atoms with Gasteiger partial charge < -0.3 is 5.73 Å². The van der Waals surface area contributed by atoms with Crippen molar-refractivity contribution in [2.45, 2.75) is 32.2 Å². The molecule has 0 aliphatic heterocycles. The number of aryl methyl sites for hydroxylation is 1. The summed E-state index contributed by atoms with van der Waals surface area (Å²) >= 11 is 2.35. The summed E-state index contributed by atoms with van der Waals surface area (Å²) in [6.07, 6.45) is 3.99. The van der Waals surface area contributed by atoms with Gasteiger partial charge in [-0.1, -0.05) is 12.5 Å². The van der Waals surface area contributed by atoms with E-state index in [-0.39, 0.29) is 6.04 Å². The summed E-state index contributed by atoms with van der Waals surface area (Å²) in [4.78, 5) is 0. The maximum Gasteiger partial charge on any atom is 0.0326 e. The van der Waals surface area contributed by atoms with E-state index in [1.807, 2.05) is 0 Å². The Morgan fingerprint density at radius 1 is 1.43 bits per heavy atom. The molecule has 0 saturated heterocycles. The van der Waals surface area contributed by atoms with Crippen LogP contribution in [0, 0.1) is 16.4 Å². The van der Waals surface area contributed by atoms with Gasteiger partial charge in [0, 0.05) is 9.61 Å². The van der Waals surface area contributed by atoms with Crippen LogP contribution in [0.3, 0.4) is 0 Å². The molecule has 2 heteroatoms. The summed E-state index contributed by atoms with van der Waals surface area (Å²) in [5.41, 5.74) is 8.94. The molecule has 0 heterocycles. The second kappa shape index (κ2) is 4.19. The number of benzene rings is 1.